The topological polar surface area (TPSA) is 60.4 Å². The molecule has 0 aliphatic heterocycles. The van der Waals surface area contributed by atoms with Crippen LogP contribution in [0.5, 0.6) is 0 Å². The molecule has 32 heavy (non-hydrogen) atoms. The van der Waals surface area contributed by atoms with Crippen LogP contribution in [0.3, 0.4) is 0 Å². The van der Waals surface area contributed by atoms with Gasteiger partial charge in [-0.05, 0) is 46.7 Å². The molecule has 5 heteroatoms. The van der Waals surface area contributed by atoms with Gasteiger partial charge in [0.1, 0.15) is 0 Å². The van der Waals surface area contributed by atoms with Crippen LogP contribution in [0.25, 0.3) is 11.1 Å². The van der Waals surface area contributed by atoms with Crippen LogP contribution in [0.15, 0.2) is 78.9 Å². The first-order valence-electron chi connectivity index (χ1n) is 10.8. The molecule has 0 radical (unpaired) electrons. The number of aromatic carboxylic acids is 1. The van der Waals surface area contributed by atoms with Crippen molar-refractivity contribution in [2.45, 2.75) is 38.8 Å². The van der Waals surface area contributed by atoms with Crippen molar-refractivity contribution in [1.29, 1.82) is 0 Å². The van der Waals surface area contributed by atoms with Crippen molar-refractivity contribution in [2.75, 3.05) is 0 Å². The van der Waals surface area contributed by atoms with Gasteiger partial charge in [0.15, 0.2) is 0 Å². The summed E-state index contributed by atoms with van der Waals surface area (Å²) in [6, 6.07) is 24.9. The third-order valence-electron chi connectivity index (χ3n) is 5.99. The quantitative estimate of drug-likeness (QED) is 0.528. The molecule has 0 atom stereocenters. The summed E-state index contributed by atoms with van der Waals surface area (Å²) in [7, 11) is 0. The molecule has 0 bridgehead atoms. The largest absolute Gasteiger partial charge is 1.00 e. The van der Waals surface area contributed by atoms with Gasteiger partial charge in [0.2, 0.25) is 5.91 Å². The Hall–Kier alpha value is -2.40. The molecule has 0 N–H and O–H groups in total. The van der Waals surface area contributed by atoms with Crippen LogP contribution >= 0.6 is 0 Å². The standard InChI is InChI=1S/C27H27NO3.Na/c29-26(23-10-4-5-11-23)28(18-20-7-2-1-3-8-20)19-21-9-6-12-25(17-21)22-13-15-24(16-14-22)27(30)31;/h1-3,6-9,12-17,23H,4-5,10-11,18-19H2,(H,30,31);/q;+1/p-1. The second kappa shape index (κ2) is 11.5. The van der Waals surface area contributed by atoms with E-state index in [0.717, 1.165) is 47.9 Å². The molecule has 1 saturated carbocycles. The summed E-state index contributed by atoms with van der Waals surface area (Å²) in [5.41, 5.74) is 4.28. The van der Waals surface area contributed by atoms with Crippen molar-refractivity contribution in [3.63, 3.8) is 0 Å². The van der Waals surface area contributed by atoms with Crippen molar-refractivity contribution in [3.05, 3.63) is 95.6 Å². The smallest absolute Gasteiger partial charge is 0.545 e. The number of amides is 1. The van der Waals surface area contributed by atoms with E-state index in [9.17, 15) is 14.7 Å². The first-order valence-corrected chi connectivity index (χ1v) is 10.8. The number of rotatable bonds is 7. The number of hydrogen-bond acceptors (Lipinski definition) is 3. The summed E-state index contributed by atoms with van der Waals surface area (Å²) in [5.74, 6) is -0.809. The van der Waals surface area contributed by atoms with Gasteiger partial charge < -0.3 is 14.8 Å². The number of carboxylic acids is 1. The van der Waals surface area contributed by atoms with E-state index in [-0.39, 0.29) is 46.9 Å². The summed E-state index contributed by atoms with van der Waals surface area (Å²) in [4.78, 5) is 26.2. The number of benzene rings is 3. The Morgan fingerprint density at radius 2 is 1.41 bits per heavy atom. The Morgan fingerprint density at radius 1 is 0.781 bits per heavy atom. The first kappa shape index (κ1) is 24.2. The average Bonchev–Trinajstić information content (AvgIpc) is 3.34. The van der Waals surface area contributed by atoms with Crippen LogP contribution in [0.4, 0.5) is 0 Å². The predicted octanol–water partition coefficient (Wildman–Crippen LogP) is 1.44. The first-order chi connectivity index (χ1) is 15.1. The third kappa shape index (κ3) is 6.10. The van der Waals surface area contributed by atoms with E-state index in [2.05, 4.69) is 18.2 Å². The molecule has 1 aliphatic rings. The maximum Gasteiger partial charge on any atom is 1.00 e. The molecular weight excluding hydrogens is 409 g/mol. The minimum absolute atomic E-state index is 0. The van der Waals surface area contributed by atoms with Crippen LogP contribution in [0.1, 0.15) is 47.2 Å². The maximum absolute atomic E-state index is 13.3. The Labute approximate surface area is 211 Å². The normalized spacial score (nSPS) is 13.4. The molecule has 3 aromatic rings. The van der Waals surface area contributed by atoms with Crippen molar-refractivity contribution >= 4 is 11.9 Å². The second-order valence-corrected chi connectivity index (χ2v) is 8.23. The monoisotopic (exact) mass is 435 g/mol. The fourth-order valence-corrected chi connectivity index (χ4v) is 4.31. The summed E-state index contributed by atoms with van der Waals surface area (Å²) in [6.45, 7) is 1.15. The predicted molar refractivity (Wildman–Crippen MR) is 119 cm³/mol. The maximum atomic E-state index is 13.3. The molecule has 1 amide bonds. The van der Waals surface area contributed by atoms with E-state index in [1.165, 1.54) is 0 Å². The minimum atomic E-state index is -1.18. The Balaban J connectivity index is 0.00000289. The summed E-state index contributed by atoms with van der Waals surface area (Å²) >= 11 is 0. The van der Waals surface area contributed by atoms with Gasteiger partial charge in [0, 0.05) is 19.0 Å². The van der Waals surface area contributed by atoms with Crippen LogP contribution in [-0.4, -0.2) is 16.8 Å². The van der Waals surface area contributed by atoms with Gasteiger partial charge in [-0.15, -0.1) is 0 Å². The number of hydrogen-bond donors (Lipinski definition) is 0. The molecule has 158 valence electrons. The molecule has 4 rings (SSSR count). The number of carboxylic acid groups (broad SMARTS) is 1. The molecule has 0 unspecified atom stereocenters. The molecule has 3 aromatic carbocycles. The number of carbonyl (C=O) groups excluding carboxylic acids is 2. The van der Waals surface area contributed by atoms with Gasteiger partial charge in [-0.2, -0.15) is 0 Å². The van der Waals surface area contributed by atoms with E-state index < -0.39 is 5.97 Å². The van der Waals surface area contributed by atoms with Crippen LogP contribution < -0.4 is 34.7 Å². The Bertz CT molecular complexity index is 1040. The second-order valence-electron chi connectivity index (χ2n) is 8.23. The Kier molecular flexibility index (Phi) is 8.68. The molecule has 0 saturated heterocycles. The summed E-state index contributed by atoms with van der Waals surface area (Å²) in [6.07, 6.45) is 4.23. The van der Waals surface area contributed by atoms with Gasteiger partial charge in [0.25, 0.3) is 0 Å². The molecule has 0 spiro atoms. The van der Waals surface area contributed by atoms with Gasteiger partial charge in [-0.1, -0.05) is 85.6 Å². The average molecular weight is 435 g/mol. The zero-order chi connectivity index (χ0) is 21.6. The van der Waals surface area contributed by atoms with E-state index in [1.807, 2.05) is 41.3 Å². The van der Waals surface area contributed by atoms with Crippen molar-refractivity contribution < 1.29 is 44.3 Å². The fourth-order valence-electron chi connectivity index (χ4n) is 4.31. The van der Waals surface area contributed by atoms with Gasteiger partial charge >= 0.3 is 29.6 Å². The van der Waals surface area contributed by atoms with Crippen molar-refractivity contribution in [2.24, 2.45) is 5.92 Å². The molecule has 0 aromatic heterocycles. The summed E-state index contributed by atoms with van der Waals surface area (Å²) in [5, 5.41) is 11.0. The van der Waals surface area contributed by atoms with Crippen molar-refractivity contribution in [3.8, 4) is 11.1 Å². The van der Waals surface area contributed by atoms with E-state index in [0.29, 0.717) is 13.1 Å². The van der Waals surface area contributed by atoms with E-state index in [1.54, 1.807) is 24.3 Å². The minimum Gasteiger partial charge on any atom is -0.545 e. The zero-order valence-electron chi connectivity index (χ0n) is 18.5. The molecular formula is C27H26NNaO3. The van der Waals surface area contributed by atoms with Gasteiger partial charge in [0.05, 0.1) is 5.97 Å². The molecule has 1 fully saturated rings. The third-order valence-corrected chi connectivity index (χ3v) is 5.99. The van der Waals surface area contributed by atoms with Gasteiger partial charge in [-0.25, -0.2) is 0 Å². The number of carbonyl (C=O) groups is 2. The Morgan fingerprint density at radius 3 is 2.06 bits per heavy atom. The molecule has 0 heterocycles. The molecule has 4 nitrogen and oxygen atoms in total. The van der Waals surface area contributed by atoms with Crippen LogP contribution in [-0.2, 0) is 17.9 Å². The molecule has 1 aliphatic carbocycles. The van der Waals surface area contributed by atoms with Crippen molar-refractivity contribution in [1.82, 2.24) is 4.90 Å². The summed E-state index contributed by atoms with van der Waals surface area (Å²) < 4.78 is 0. The fraction of sp³-hybridized carbons (Fsp3) is 0.259. The number of nitrogens with zero attached hydrogens (tertiary/aromatic N) is 1. The van der Waals surface area contributed by atoms with Crippen LogP contribution in [0, 0.1) is 5.92 Å². The SMILES string of the molecule is O=C([O-])c1ccc(-c2cccc(CN(Cc3ccccc3)C(=O)C3CCCC3)c2)cc1.[Na+]. The van der Waals surface area contributed by atoms with Crippen LogP contribution in [0.2, 0.25) is 0 Å². The zero-order valence-corrected chi connectivity index (χ0v) is 20.5. The van der Waals surface area contributed by atoms with E-state index in [4.69, 9.17) is 0 Å². The van der Waals surface area contributed by atoms with Gasteiger partial charge in [-0.3, -0.25) is 4.79 Å². The van der Waals surface area contributed by atoms with E-state index >= 15 is 0 Å².